The highest BCUT2D eigenvalue weighted by Crippen LogP contribution is 2.22. The lowest BCUT2D eigenvalue weighted by molar-refractivity contribution is 0.0945. The Morgan fingerprint density at radius 1 is 1.40 bits per heavy atom. The zero-order valence-corrected chi connectivity index (χ0v) is 11.4. The second-order valence-corrected chi connectivity index (χ2v) is 4.35. The van der Waals surface area contributed by atoms with Crippen LogP contribution in [0.1, 0.15) is 16.1 Å². The first-order valence-electron chi connectivity index (χ1n) is 5.76. The summed E-state index contributed by atoms with van der Waals surface area (Å²) in [4.78, 5) is 22.6. The van der Waals surface area contributed by atoms with Gasteiger partial charge in [0.2, 0.25) is 0 Å². The van der Waals surface area contributed by atoms with Gasteiger partial charge in [-0.2, -0.15) is 5.10 Å². The van der Waals surface area contributed by atoms with Gasteiger partial charge >= 0.3 is 0 Å². The van der Waals surface area contributed by atoms with Crippen LogP contribution in [-0.2, 0) is 6.54 Å². The maximum atomic E-state index is 11.8. The zero-order valence-electron chi connectivity index (χ0n) is 10.6. The average molecular weight is 294 g/mol. The van der Waals surface area contributed by atoms with Gasteiger partial charge in [0.1, 0.15) is 11.4 Å². The molecule has 2 aromatic rings. The predicted molar refractivity (Wildman–Crippen MR) is 74.0 cm³/mol. The Kier molecular flexibility index (Phi) is 4.37. The van der Waals surface area contributed by atoms with E-state index in [2.05, 4.69) is 15.5 Å². The highest BCUT2D eigenvalue weighted by atomic mass is 35.5. The maximum Gasteiger partial charge on any atom is 0.271 e. The van der Waals surface area contributed by atoms with E-state index >= 15 is 0 Å². The highest BCUT2D eigenvalue weighted by Gasteiger charge is 2.08. The molecule has 0 saturated heterocycles. The Hall–Kier alpha value is -2.34. The van der Waals surface area contributed by atoms with Crippen LogP contribution in [0.25, 0.3) is 0 Å². The van der Waals surface area contributed by atoms with Gasteiger partial charge in [-0.25, -0.2) is 5.10 Å². The van der Waals surface area contributed by atoms with Crippen LogP contribution in [0.4, 0.5) is 0 Å². The quantitative estimate of drug-likeness (QED) is 0.891. The summed E-state index contributed by atoms with van der Waals surface area (Å²) in [6.07, 6.45) is 0. The predicted octanol–water partition coefficient (Wildman–Crippen LogP) is 1.36. The molecule has 0 spiro atoms. The lowest BCUT2D eigenvalue weighted by Crippen LogP contribution is -2.25. The van der Waals surface area contributed by atoms with E-state index in [1.54, 1.807) is 25.3 Å². The Bertz CT molecular complexity index is 664. The number of ether oxygens (including phenoxy) is 1. The number of carbonyl (C=O) groups excluding carboxylic acids is 1. The number of halogens is 1. The molecule has 0 unspecified atom stereocenters. The van der Waals surface area contributed by atoms with Crippen LogP contribution in [0.15, 0.2) is 35.1 Å². The molecule has 0 aliphatic rings. The van der Waals surface area contributed by atoms with E-state index in [1.807, 2.05) is 0 Å². The standard InChI is InChI=1S/C13H12ClN3O3/c1-20-9-3-2-8(10(14)6-9)7-15-13(19)11-4-5-12(18)17-16-11/h2-6H,7H2,1H3,(H,15,19)(H,17,18). The first kappa shape index (κ1) is 14.1. The molecule has 104 valence electrons. The second kappa shape index (κ2) is 6.21. The molecule has 0 fully saturated rings. The summed E-state index contributed by atoms with van der Waals surface area (Å²) in [6, 6.07) is 7.78. The molecule has 6 nitrogen and oxygen atoms in total. The van der Waals surface area contributed by atoms with Crippen LogP contribution in [0, 0.1) is 0 Å². The number of hydrogen-bond donors (Lipinski definition) is 2. The number of aromatic amines is 1. The molecule has 2 rings (SSSR count). The maximum absolute atomic E-state index is 11.8. The zero-order chi connectivity index (χ0) is 14.5. The summed E-state index contributed by atoms with van der Waals surface area (Å²) in [5.41, 5.74) is 0.527. The number of nitrogens with one attached hydrogen (secondary N) is 2. The van der Waals surface area contributed by atoms with Crippen LogP contribution in [0.3, 0.4) is 0 Å². The fourth-order valence-corrected chi connectivity index (χ4v) is 1.77. The van der Waals surface area contributed by atoms with Crippen molar-refractivity contribution in [3.8, 4) is 5.75 Å². The van der Waals surface area contributed by atoms with Gasteiger partial charge in [-0.05, 0) is 23.8 Å². The van der Waals surface area contributed by atoms with Gasteiger partial charge in [0.15, 0.2) is 0 Å². The summed E-state index contributed by atoms with van der Waals surface area (Å²) in [5.74, 6) is 0.250. The lowest BCUT2D eigenvalue weighted by atomic mass is 10.2. The van der Waals surface area contributed by atoms with Gasteiger partial charge in [0, 0.05) is 17.6 Å². The van der Waals surface area contributed by atoms with E-state index in [0.29, 0.717) is 10.8 Å². The van der Waals surface area contributed by atoms with Crippen LogP contribution in [0.5, 0.6) is 5.75 Å². The average Bonchev–Trinajstić information content (AvgIpc) is 2.46. The molecule has 7 heteroatoms. The van der Waals surface area contributed by atoms with Crippen molar-refractivity contribution in [2.45, 2.75) is 6.54 Å². The fourth-order valence-electron chi connectivity index (χ4n) is 1.54. The molecule has 0 saturated carbocycles. The molecule has 0 radical (unpaired) electrons. The van der Waals surface area contributed by atoms with Crippen molar-refractivity contribution < 1.29 is 9.53 Å². The summed E-state index contributed by atoms with van der Waals surface area (Å²) < 4.78 is 5.04. The molecule has 0 aliphatic carbocycles. The van der Waals surface area contributed by atoms with Gasteiger partial charge in [0.25, 0.3) is 11.5 Å². The van der Waals surface area contributed by atoms with Crippen LogP contribution in [0.2, 0.25) is 5.02 Å². The van der Waals surface area contributed by atoms with E-state index in [-0.39, 0.29) is 17.8 Å². The number of rotatable bonds is 4. The Labute approximate surface area is 119 Å². The van der Waals surface area contributed by atoms with Gasteiger partial charge < -0.3 is 10.1 Å². The largest absolute Gasteiger partial charge is 0.497 e. The first-order valence-corrected chi connectivity index (χ1v) is 6.14. The lowest BCUT2D eigenvalue weighted by Gasteiger charge is -2.08. The third kappa shape index (κ3) is 3.36. The molecule has 2 N–H and O–H groups in total. The minimum atomic E-state index is -0.395. The first-order chi connectivity index (χ1) is 9.60. The third-order valence-electron chi connectivity index (χ3n) is 2.61. The molecule has 0 aliphatic heterocycles. The van der Waals surface area contributed by atoms with Gasteiger partial charge in [-0.1, -0.05) is 17.7 Å². The van der Waals surface area contributed by atoms with Crippen molar-refractivity contribution >= 4 is 17.5 Å². The Morgan fingerprint density at radius 3 is 2.80 bits per heavy atom. The molecule has 20 heavy (non-hydrogen) atoms. The number of benzene rings is 1. The van der Waals surface area contributed by atoms with Gasteiger partial charge in [-0.3, -0.25) is 9.59 Å². The molecule has 0 atom stereocenters. The SMILES string of the molecule is COc1ccc(CNC(=O)c2ccc(=O)[nH]n2)c(Cl)c1. The topological polar surface area (TPSA) is 84.1 Å². The normalized spacial score (nSPS) is 10.1. The van der Waals surface area contributed by atoms with E-state index in [0.717, 1.165) is 5.56 Å². The van der Waals surface area contributed by atoms with Crippen molar-refractivity contribution in [3.05, 3.63) is 57.0 Å². The van der Waals surface area contributed by atoms with Gasteiger partial charge in [-0.15, -0.1) is 0 Å². The van der Waals surface area contributed by atoms with E-state index < -0.39 is 5.91 Å². The molecule has 1 aromatic carbocycles. The van der Waals surface area contributed by atoms with Crippen molar-refractivity contribution in [2.75, 3.05) is 7.11 Å². The Balaban J connectivity index is 2.03. The number of H-pyrrole nitrogens is 1. The Morgan fingerprint density at radius 2 is 2.20 bits per heavy atom. The number of amides is 1. The van der Waals surface area contributed by atoms with E-state index in [4.69, 9.17) is 16.3 Å². The van der Waals surface area contributed by atoms with Crippen LogP contribution in [-0.4, -0.2) is 23.2 Å². The molecule has 1 aromatic heterocycles. The number of methoxy groups -OCH3 is 1. The smallest absolute Gasteiger partial charge is 0.271 e. The molecular formula is C13H12ClN3O3. The second-order valence-electron chi connectivity index (χ2n) is 3.95. The summed E-state index contributed by atoms with van der Waals surface area (Å²) in [7, 11) is 1.55. The molecule has 1 heterocycles. The van der Waals surface area contributed by atoms with E-state index in [9.17, 15) is 9.59 Å². The van der Waals surface area contributed by atoms with Crippen LogP contribution < -0.4 is 15.6 Å². The number of carbonyl (C=O) groups is 1. The summed E-state index contributed by atoms with van der Waals surface area (Å²) in [5, 5.41) is 9.00. The van der Waals surface area contributed by atoms with Crippen molar-refractivity contribution in [1.29, 1.82) is 0 Å². The van der Waals surface area contributed by atoms with Gasteiger partial charge in [0.05, 0.1) is 7.11 Å². The van der Waals surface area contributed by atoms with E-state index in [1.165, 1.54) is 12.1 Å². The molecular weight excluding hydrogens is 282 g/mol. The molecule has 0 bridgehead atoms. The number of nitrogens with zero attached hydrogens (tertiary/aromatic N) is 1. The number of aromatic nitrogens is 2. The minimum Gasteiger partial charge on any atom is -0.497 e. The summed E-state index contributed by atoms with van der Waals surface area (Å²) in [6.45, 7) is 0.252. The van der Waals surface area contributed by atoms with Crippen molar-refractivity contribution in [3.63, 3.8) is 0 Å². The third-order valence-corrected chi connectivity index (χ3v) is 2.96. The summed E-state index contributed by atoms with van der Waals surface area (Å²) >= 11 is 6.06. The highest BCUT2D eigenvalue weighted by molar-refractivity contribution is 6.31. The number of hydrogen-bond acceptors (Lipinski definition) is 4. The van der Waals surface area contributed by atoms with Crippen molar-refractivity contribution in [2.24, 2.45) is 0 Å². The van der Waals surface area contributed by atoms with Crippen LogP contribution >= 0.6 is 11.6 Å². The fraction of sp³-hybridized carbons (Fsp3) is 0.154. The minimum absolute atomic E-state index is 0.134. The monoisotopic (exact) mass is 293 g/mol. The van der Waals surface area contributed by atoms with Crippen molar-refractivity contribution in [1.82, 2.24) is 15.5 Å². The molecule has 1 amide bonds.